The lowest BCUT2D eigenvalue weighted by Crippen LogP contribution is -2.06. The third-order valence-corrected chi connectivity index (χ3v) is 3.00. The highest BCUT2D eigenvalue weighted by atomic mass is 16.5. The highest BCUT2D eigenvalue weighted by Gasteiger charge is 2.22. The molecule has 0 aromatic carbocycles. The van der Waals surface area contributed by atoms with E-state index in [1.54, 1.807) is 6.08 Å². The molecule has 0 radical (unpaired) electrons. The number of carbonyl (C=O) groups is 1. The largest absolute Gasteiger partial charge is 0.462 e. The molecular weight excluding hydrogens is 188 g/mol. The monoisotopic (exact) mass is 210 g/mol. The van der Waals surface area contributed by atoms with Crippen LogP contribution >= 0.6 is 0 Å². The minimum absolute atomic E-state index is 0.164. The summed E-state index contributed by atoms with van der Waals surface area (Å²) in [4.78, 5) is 11.4. The van der Waals surface area contributed by atoms with E-state index in [-0.39, 0.29) is 5.97 Å². The fourth-order valence-corrected chi connectivity index (χ4v) is 1.52. The Morgan fingerprint density at radius 1 is 1.53 bits per heavy atom. The van der Waals surface area contributed by atoms with Crippen molar-refractivity contribution in [3.8, 4) is 0 Å². The van der Waals surface area contributed by atoms with E-state index in [9.17, 15) is 4.79 Å². The first-order valence-electron chi connectivity index (χ1n) is 5.98. The Bertz CT molecular complexity index is 239. The van der Waals surface area contributed by atoms with Gasteiger partial charge in [-0.05, 0) is 38.0 Å². The number of hydrogen-bond acceptors (Lipinski definition) is 2. The Kier molecular flexibility index (Phi) is 4.86. The predicted molar refractivity (Wildman–Crippen MR) is 61.5 cm³/mol. The van der Waals surface area contributed by atoms with Gasteiger partial charge in [0.2, 0.25) is 0 Å². The van der Waals surface area contributed by atoms with E-state index in [2.05, 4.69) is 13.8 Å². The van der Waals surface area contributed by atoms with E-state index in [0.717, 1.165) is 18.4 Å². The number of ether oxygens (including phenoxy) is 1. The lowest BCUT2D eigenvalue weighted by atomic mass is 9.97. The molecule has 0 N–H and O–H groups in total. The number of rotatable bonds is 6. The summed E-state index contributed by atoms with van der Waals surface area (Å²) < 4.78 is 5.15. The van der Waals surface area contributed by atoms with Crippen LogP contribution in [-0.2, 0) is 9.53 Å². The molecule has 86 valence electrons. The summed E-state index contributed by atoms with van der Waals surface area (Å²) in [5, 5.41) is 0. The highest BCUT2D eigenvalue weighted by molar-refractivity contribution is 5.82. The van der Waals surface area contributed by atoms with Crippen LogP contribution in [0.5, 0.6) is 0 Å². The van der Waals surface area contributed by atoms with E-state index < -0.39 is 0 Å². The predicted octanol–water partition coefficient (Wildman–Crippen LogP) is 3.32. The molecule has 0 aliphatic heterocycles. The number of carbonyl (C=O) groups excluding carboxylic acids is 1. The third-order valence-electron chi connectivity index (χ3n) is 3.00. The molecule has 1 aliphatic rings. The molecule has 2 heteroatoms. The summed E-state index contributed by atoms with van der Waals surface area (Å²) in [7, 11) is 0. The van der Waals surface area contributed by atoms with Crippen molar-refractivity contribution < 1.29 is 9.53 Å². The quantitative estimate of drug-likeness (QED) is 0.496. The van der Waals surface area contributed by atoms with E-state index >= 15 is 0 Å². The molecule has 15 heavy (non-hydrogen) atoms. The van der Waals surface area contributed by atoms with Gasteiger partial charge < -0.3 is 4.74 Å². The van der Waals surface area contributed by atoms with Gasteiger partial charge in [0.05, 0.1) is 6.61 Å². The van der Waals surface area contributed by atoms with Gasteiger partial charge in [-0.15, -0.1) is 0 Å². The maximum Gasteiger partial charge on any atom is 0.330 e. The summed E-state index contributed by atoms with van der Waals surface area (Å²) in [6.07, 6.45) is 6.40. The normalized spacial score (nSPS) is 18.7. The maximum absolute atomic E-state index is 11.4. The summed E-state index contributed by atoms with van der Waals surface area (Å²) in [6, 6.07) is 0. The van der Waals surface area contributed by atoms with Crippen LogP contribution in [0, 0.1) is 11.8 Å². The Balaban J connectivity index is 2.27. The van der Waals surface area contributed by atoms with Crippen LogP contribution in [0.2, 0.25) is 0 Å². The van der Waals surface area contributed by atoms with Crippen molar-refractivity contribution in [1.29, 1.82) is 0 Å². The number of allylic oxidation sites excluding steroid dienone is 1. The molecule has 0 bridgehead atoms. The second kappa shape index (κ2) is 5.94. The zero-order valence-corrected chi connectivity index (χ0v) is 10.1. The van der Waals surface area contributed by atoms with Crippen molar-refractivity contribution >= 4 is 5.97 Å². The average Bonchev–Trinajstić information content (AvgIpc) is 2.98. The molecule has 0 spiro atoms. The third kappa shape index (κ3) is 5.01. The van der Waals surface area contributed by atoms with E-state index in [0.29, 0.717) is 18.4 Å². The molecule has 1 rings (SSSR count). The summed E-state index contributed by atoms with van der Waals surface area (Å²) in [5.41, 5.74) is 1.14. The highest BCUT2D eigenvalue weighted by Crippen LogP contribution is 2.28. The van der Waals surface area contributed by atoms with Gasteiger partial charge >= 0.3 is 5.97 Å². The fourth-order valence-electron chi connectivity index (χ4n) is 1.52. The number of esters is 1. The molecule has 0 aromatic heterocycles. The van der Waals surface area contributed by atoms with Crippen LogP contribution in [0.4, 0.5) is 0 Å². The lowest BCUT2D eigenvalue weighted by Gasteiger charge is -2.10. The average molecular weight is 210 g/mol. The molecule has 1 unspecified atom stereocenters. The minimum Gasteiger partial charge on any atom is -0.462 e. The van der Waals surface area contributed by atoms with Crippen LogP contribution in [0.3, 0.4) is 0 Å². The Morgan fingerprint density at radius 3 is 2.73 bits per heavy atom. The molecular formula is C13H22O2. The van der Waals surface area contributed by atoms with Gasteiger partial charge in [0.15, 0.2) is 0 Å². The molecule has 1 atom stereocenters. The molecule has 0 heterocycles. The van der Waals surface area contributed by atoms with Gasteiger partial charge in [-0.25, -0.2) is 4.79 Å². The zero-order chi connectivity index (χ0) is 11.3. The standard InChI is InChI=1S/C13H22O2/c1-4-5-10(2)11(3)8-13(14)15-9-12-6-7-12/h8,10,12H,4-7,9H2,1-3H3/b11-8+. The first-order chi connectivity index (χ1) is 7.13. The topological polar surface area (TPSA) is 26.3 Å². The molecule has 0 amide bonds. The van der Waals surface area contributed by atoms with Gasteiger partial charge in [-0.2, -0.15) is 0 Å². The molecule has 2 nitrogen and oxygen atoms in total. The lowest BCUT2D eigenvalue weighted by molar-refractivity contribution is -0.138. The zero-order valence-electron chi connectivity index (χ0n) is 10.1. The summed E-state index contributed by atoms with van der Waals surface area (Å²) >= 11 is 0. The van der Waals surface area contributed by atoms with Gasteiger partial charge in [-0.1, -0.05) is 25.8 Å². The molecule has 0 saturated heterocycles. The van der Waals surface area contributed by atoms with Crippen molar-refractivity contribution in [3.63, 3.8) is 0 Å². The van der Waals surface area contributed by atoms with E-state index in [1.165, 1.54) is 12.8 Å². The first-order valence-corrected chi connectivity index (χ1v) is 5.98. The molecule has 0 aromatic rings. The van der Waals surface area contributed by atoms with Gasteiger partial charge in [-0.3, -0.25) is 0 Å². The second-order valence-electron chi connectivity index (χ2n) is 4.65. The second-order valence-corrected chi connectivity index (χ2v) is 4.65. The molecule has 1 aliphatic carbocycles. The van der Waals surface area contributed by atoms with E-state index in [4.69, 9.17) is 4.74 Å². The van der Waals surface area contributed by atoms with Crippen LogP contribution in [0.15, 0.2) is 11.6 Å². The minimum atomic E-state index is -0.164. The van der Waals surface area contributed by atoms with Gasteiger partial charge in [0, 0.05) is 6.08 Å². The van der Waals surface area contributed by atoms with Crippen molar-refractivity contribution in [2.75, 3.05) is 6.61 Å². The van der Waals surface area contributed by atoms with Crippen LogP contribution in [0.25, 0.3) is 0 Å². The summed E-state index contributed by atoms with van der Waals surface area (Å²) in [5.74, 6) is 0.974. The number of hydrogen-bond donors (Lipinski definition) is 0. The Morgan fingerprint density at radius 2 is 2.20 bits per heavy atom. The molecule has 1 fully saturated rings. The van der Waals surface area contributed by atoms with Crippen LogP contribution in [0.1, 0.15) is 46.5 Å². The van der Waals surface area contributed by atoms with Crippen LogP contribution in [-0.4, -0.2) is 12.6 Å². The van der Waals surface area contributed by atoms with Crippen molar-refractivity contribution in [3.05, 3.63) is 11.6 Å². The van der Waals surface area contributed by atoms with Crippen LogP contribution < -0.4 is 0 Å². The fraction of sp³-hybridized carbons (Fsp3) is 0.769. The molecule has 1 saturated carbocycles. The van der Waals surface area contributed by atoms with E-state index in [1.807, 2.05) is 6.92 Å². The SMILES string of the molecule is CCCC(C)/C(C)=C/C(=O)OCC1CC1. The Labute approximate surface area is 92.7 Å². The first kappa shape index (κ1) is 12.3. The van der Waals surface area contributed by atoms with Gasteiger partial charge in [0.1, 0.15) is 0 Å². The van der Waals surface area contributed by atoms with Crippen molar-refractivity contribution in [1.82, 2.24) is 0 Å². The van der Waals surface area contributed by atoms with Crippen molar-refractivity contribution in [2.24, 2.45) is 11.8 Å². The van der Waals surface area contributed by atoms with Crippen molar-refractivity contribution in [2.45, 2.75) is 46.5 Å². The van der Waals surface area contributed by atoms with Gasteiger partial charge in [0.25, 0.3) is 0 Å². The smallest absolute Gasteiger partial charge is 0.330 e. The maximum atomic E-state index is 11.4. The summed E-state index contributed by atoms with van der Waals surface area (Å²) in [6.45, 7) is 6.95. The Hall–Kier alpha value is -0.790.